The third-order valence-corrected chi connectivity index (χ3v) is 4.80. The van der Waals surface area contributed by atoms with E-state index in [-0.39, 0.29) is 11.6 Å². The lowest BCUT2D eigenvalue weighted by Gasteiger charge is -2.15. The van der Waals surface area contributed by atoms with Crippen LogP contribution in [0.2, 0.25) is 5.02 Å². The van der Waals surface area contributed by atoms with E-state index in [1.54, 1.807) is 18.2 Å². The molecular formula is C21H18ClN3O. The fourth-order valence-corrected chi connectivity index (χ4v) is 3.26. The molecular weight excluding hydrogens is 346 g/mol. The molecule has 26 heavy (non-hydrogen) atoms. The quantitative estimate of drug-likeness (QED) is 0.558. The number of aromatic amines is 1. The standard InChI is InChI=1S/C21H18ClN3O/c1-13(15-7-6-14-4-2-3-5-16(14)10-15)23-12-20-24-19-9-8-17(22)11-18(19)21(26)25-20/h2-11,13,23H,12H2,1H3,(H,24,25,26)/t13-/m0/s1. The Bertz CT molecular complexity index is 1150. The number of aromatic nitrogens is 2. The van der Waals surface area contributed by atoms with Crippen LogP contribution in [-0.2, 0) is 6.54 Å². The van der Waals surface area contributed by atoms with Crippen LogP contribution in [-0.4, -0.2) is 9.97 Å². The number of hydrogen-bond acceptors (Lipinski definition) is 3. The number of rotatable bonds is 4. The molecule has 4 rings (SSSR count). The minimum atomic E-state index is -0.173. The van der Waals surface area contributed by atoms with Crippen LogP contribution in [0.5, 0.6) is 0 Å². The van der Waals surface area contributed by atoms with Gasteiger partial charge in [0.25, 0.3) is 5.56 Å². The first kappa shape index (κ1) is 16.8. The van der Waals surface area contributed by atoms with Crippen molar-refractivity contribution in [2.24, 2.45) is 0 Å². The summed E-state index contributed by atoms with van der Waals surface area (Å²) in [6.07, 6.45) is 0. The molecule has 4 aromatic rings. The molecule has 0 spiro atoms. The van der Waals surface area contributed by atoms with Crippen LogP contribution >= 0.6 is 11.6 Å². The van der Waals surface area contributed by atoms with Gasteiger partial charge in [-0.2, -0.15) is 0 Å². The van der Waals surface area contributed by atoms with E-state index < -0.39 is 0 Å². The maximum atomic E-state index is 12.2. The Balaban J connectivity index is 1.55. The predicted octanol–water partition coefficient (Wildman–Crippen LogP) is 4.58. The molecule has 0 aliphatic rings. The van der Waals surface area contributed by atoms with Gasteiger partial charge >= 0.3 is 0 Å². The fourth-order valence-electron chi connectivity index (χ4n) is 3.09. The summed E-state index contributed by atoms with van der Waals surface area (Å²) >= 11 is 5.95. The van der Waals surface area contributed by atoms with Crippen molar-refractivity contribution in [3.63, 3.8) is 0 Å². The lowest BCUT2D eigenvalue weighted by molar-refractivity contribution is 0.560. The first-order chi connectivity index (χ1) is 12.6. The predicted molar refractivity (Wildman–Crippen MR) is 107 cm³/mol. The van der Waals surface area contributed by atoms with Crippen molar-refractivity contribution < 1.29 is 0 Å². The Morgan fingerprint density at radius 2 is 1.88 bits per heavy atom. The summed E-state index contributed by atoms with van der Waals surface area (Å²) in [5.41, 5.74) is 1.67. The van der Waals surface area contributed by atoms with Crippen LogP contribution < -0.4 is 10.9 Å². The second kappa shape index (κ2) is 6.90. The number of benzene rings is 3. The Morgan fingerprint density at radius 1 is 1.08 bits per heavy atom. The van der Waals surface area contributed by atoms with E-state index in [2.05, 4.69) is 52.5 Å². The van der Waals surface area contributed by atoms with Crippen LogP contribution in [0.1, 0.15) is 24.4 Å². The summed E-state index contributed by atoms with van der Waals surface area (Å²) in [7, 11) is 0. The maximum absolute atomic E-state index is 12.2. The van der Waals surface area contributed by atoms with Gasteiger partial charge in [0.1, 0.15) is 5.82 Å². The average molecular weight is 364 g/mol. The smallest absolute Gasteiger partial charge is 0.258 e. The molecule has 0 amide bonds. The summed E-state index contributed by atoms with van der Waals surface area (Å²) in [6, 6.07) is 20.0. The molecule has 2 N–H and O–H groups in total. The van der Waals surface area contributed by atoms with Crippen molar-refractivity contribution in [2.45, 2.75) is 19.5 Å². The highest BCUT2D eigenvalue weighted by atomic mass is 35.5. The molecule has 130 valence electrons. The lowest BCUT2D eigenvalue weighted by atomic mass is 10.0. The summed E-state index contributed by atoms with van der Waals surface area (Å²) in [5, 5.41) is 6.90. The Hall–Kier alpha value is -2.69. The van der Waals surface area contributed by atoms with Gasteiger partial charge in [0.2, 0.25) is 0 Å². The minimum Gasteiger partial charge on any atom is -0.309 e. The molecule has 0 aliphatic heterocycles. The summed E-state index contributed by atoms with van der Waals surface area (Å²) in [6.45, 7) is 2.57. The second-order valence-electron chi connectivity index (χ2n) is 6.38. The Morgan fingerprint density at radius 3 is 2.73 bits per heavy atom. The van der Waals surface area contributed by atoms with Gasteiger partial charge in [-0.3, -0.25) is 4.79 Å². The molecule has 0 radical (unpaired) electrons. The van der Waals surface area contributed by atoms with Crippen molar-refractivity contribution in [3.8, 4) is 0 Å². The highest BCUT2D eigenvalue weighted by Gasteiger charge is 2.09. The number of H-pyrrole nitrogens is 1. The van der Waals surface area contributed by atoms with Crippen molar-refractivity contribution in [2.75, 3.05) is 0 Å². The van der Waals surface area contributed by atoms with Crippen LogP contribution in [0, 0.1) is 0 Å². The molecule has 1 heterocycles. The van der Waals surface area contributed by atoms with Gasteiger partial charge in [0, 0.05) is 11.1 Å². The lowest BCUT2D eigenvalue weighted by Crippen LogP contribution is -2.22. The molecule has 1 atom stereocenters. The molecule has 5 heteroatoms. The van der Waals surface area contributed by atoms with Crippen molar-refractivity contribution in [3.05, 3.63) is 87.4 Å². The Kier molecular flexibility index (Phi) is 4.45. The molecule has 0 unspecified atom stereocenters. The Labute approximate surface area is 155 Å². The summed E-state index contributed by atoms with van der Waals surface area (Å²) < 4.78 is 0. The van der Waals surface area contributed by atoms with Crippen molar-refractivity contribution in [1.82, 2.24) is 15.3 Å². The third-order valence-electron chi connectivity index (χ3n) is 4.57. The fraction of sp³-hybridized carbons (Fsp3) is 0.143. The van der Waals surface area contributed by atoms with Gasteiger partial charge in [-0.15, -0.1) is 0 Å². The van der Waals surface area contributed by atoms with E-state index in [1.807, 2.05) is 12.1 Å². The summed E-state index contributed by atoms with van der Waals surface area (Å²) in [5.74, 6) is 0.609. The topological polar surface area (TPSA) is 57.8 Å². The number of nitrogens with one attached hydrogen (secondary N) is 2. The molecule has 0 aliphatic carbocycles. The van der Waals surface area contributed by atoms with E-state index in [0.717, 1.165) is 0 Å². The zero-order valence-corrected chi connectivity index (χ0v) is 15.0. The van der Waals surface area contributed by atoms with E-state index >= 15 is 0 Å². The van der Waals surface area contributed by atoms with E-state index in [0.29, 0.717) is 28.3 Å². The SMILES string of the molecule is C[C@H](NCc1nc2ccc(Cl)cc2c(=O)[nH]1)c1ccc2ccccc2c1. The van der Waals surface area contributed by atoms with Crippen LogP contribution in [0.4, 0.5) is 0 Å². The zero-order chi connectivity index (χ0) is 18.1. The first-order valence-corrected chi connectivity index (χ1v) is 8.88. The summed E-state index contributed by atoms with van der Waals surface area (Å²) in [4.78, 5) is 19.6. The monoisotopic (exact) mass is 363 g/mol. The van der Waals surface area contributed by atoms with Gasteiger partial charge in [0.15, 0.2) is 0 Å². The largest absolute Gasteiger partial charge is 0.309 e. The van der Waals surface area contributed by atoms with Crippen LogP contribution in [0.25, 0.3) is 21.7 Å². The average Bonchev–Trinajstić information content (AvgIpc) is 2.66. The van der Waals surface area contributed by atoms with Crippen LogP contribution in [0.15, 0.2) is 65.5 Å². The molecule has 0 fully saturated rings. The number of halogens is 1. The molecule has 4 nitrogen and oxygen atoms in total. The van der Waals surface area contributed by atoms with Gasteiger partial charge in [0.05, 0.1) is 17.4 Å². The van der Waals surface area contributed by atoms with E-state index in [1.165, 1.54) is 16.3 Å². The molecule has 3 aromatic carbocycles. The van der Waals surface area contributed by atoms with E-state index in [4.69, 9.17) is 11.6 Å². The van der Waals surface area contributed by atoms with Gasteiger partial charge in [-0.1, -0.05) is 48.0 Å². The minimum absolute atomic E-state index is 0.130. The van der Waals surface area contributed by atoms with Gasteiger partial charge < -0.3 is 10.3 Å². The second-order valence-corrected chi connectivity index (χ2v) is 6.82. The van der Waals surface area contributed by atoms with Crippen LogP contribution in [0.3, 0.4) is 0 Å². The number of nitrogens with zero attached hydrogens (tertiary/aromatic N) is 1. The third kappa shape index (κ3) is 3.34. The highest BCUT2D eigenvalue weighted by molar-refractivity contribution is 6.31. The van der Waals surface area contributed by atoms with Crippen molar-refractivity contribution >= 4 is 33.3 Å². The maximum Gasteiger partial charge on any atom is 0.258 e. The normalized spacial score (nSPS) is 12.5. The number of fused-ring (bicyclic) bond motifs is 2. The zero-order valence-electron chi connectivity index (χ0n) is 14.3. The van der Waals surface area contributed by atoms with E-state index in [9.17, 15) is 4.79 Å². The first-order valence-electron chi connectivity index (χ1n) is 8.51. The molecule has 1 aromatic heterocycles. The van der Waals surface area contributed by atoms with Crippen molar-refractivity contribution in [1.29, 1.82) is 0 Å². The molecule has 0 bridgehead atoms. The number of hydrogen-bond donors (Lipinski definition) is 2. The van der Waals surface area contributed by atoms with Gasteiger partial charge in [-0.25, -0.2) is 4.98 Å². The van der Waals surface area contributed by atoms with Gasteiger partial charge in [-0.05, 0) is 47.5 Å². The molecule has 0 saturated heterocycles. The highest BCUT2D eigenvalue weighted by Crippen LogP contribution is 2.20. The molecule has 0 saturated carbocycles.